The number of amides is 1. The predicted octanol–water partition coefficient (Wildman–Crippen LogP) is 4.67. The molecule has 0 bridgehead atoms. The van der Waals surface area contributed by atoms with Crippen molar-refractivity contribution in [2.45, 2.75) is 0 Å². The number of hydrogen-bond donors (Lipinski definition) is 1. The zero-order valence-corrected chi connectivity index (χ0v) is 19.8. The molecule has 1 aliphatic heterocycles. The average molecular weight is 475 g/mol. The van der Waals surface area contributed by atoms with Crippen LogP contribution in [0.5, 0.6) is 0 Å². The highest BCUT2D eigenvalue weighted by Gasteiger charge is 2.26. The fourth-order valence-corrected chi connectivity index (χ4v) is 5.26. The van der Waals surface area contributed by atoms with Gasteiger partial charge in [0.1, 0.15) is 0 Å². The second-order valence-corrected chi connectivity index (χ2v) is 9.95. The first kappa shape index (κ1) is 21.8. The summed E-state index contributed by atoms with van der Waals surface area (Å²) in [4.78, 5) is 22.8. The molecule has 0 saturated carbocycles. The van der Waals surface area contributed by atoms with Gasteiger partial charge in [-0.05, 0) is 35.9 Å². The normalized spacial score (nSPS) is 14.9. The molecule has 2 aromatic carbocycles. The molecule has 1 saturated heterocycles. The van der Waals surface area contributed by atoms with Crippen molar-refractivity contribution >= 4 is 45.8 Å². The van der Waals surface area contributed by atoms with E-state index in [9.17, 15) is 4.79 Å². The quantitative estimate of drug-likeness (QED) is 0.456. The first-order valence-electron chi connectivity index (χ1n) is 11.2. The summed E-state index contributed by atoms with van der Waals surface area (Å²) in [5.74, 6) is 0.0800. The summed E-state index contributed by atoms with van der Waals surface area (Å²) in [6.07, 6.45) is 4.41. The molecule has 0 aliphatic carbocycles. The topological polar surface area (TPSA) is 37.6 Å². The molecule has 1 amide bonds. The lowest BCUT2D eigenvalue weighted by Gasteiger charge is -2.32. The van der Waals surface area contributed by atoms with Crippen LogP contribution in [0.4, 0.5) is 0 Å². The summed E-state index contributed by atoms with van der Waals surface area (Å²) in [6.45, 7) is 4.37. The molecule has 0 atom stereocenters. The molecule has 166 valence electrons. The van der Waals surface area contributed by atoms with Gasteiger partial charge in [0.05, 0.1) is 58.7 Å². The van der Waals surface area contributed by atoms with Crippen molar-refractivity contribution in [3.8, 4) is 10.6 Å². The van der Waals surface area contributed by atoms with Crippen LogP contribution in [0, 0.1) is 0 Å². The average Bonchev–Trinajstić information content (AvgIpc) is 3.30. The van der Waals surface area contributed by atoms with Gasteiger partial charge in [0.25, 0.3) is 5.91 Å². The number of fused-ring (bicyclic) bond motifs is 1. The van der Waals surface area contributed by atoms with Crippen LogP contribution < -0.4 is 4.90 Å². The fraction of sp³-hybridized carbons (Fsp3) is 0.185. The van der Waals surface area contributed by atoms with E-state index in [1.165, 1.54) is 21.8 Å². The second-order valence-electron chi connectivity index (χ2n) is 8.24. The number of quaternary nitrogens is 1. The van der Waals surface area contributed by atoms with Gasteiger partial charge >= 0.3 is 0 Å². The molecule has 0 spiro atoms. The van der Waals surface area contributed by atoms with Crippen molar-refractivity contribution in [1.82, 2.24) is 9.88 Å². The van der Waals surface area contributed by atoms with E-state index in [-0.39, 0.29) is 5.91 Å². The van der Waals surface area contributed by atoms with Gasteiger partial charge in [-0.25, -0.2) is 4.98 Å². The number of pyridine rings is 1. The Kier molecular flexibility index (Phi) is 6.53. The third-order valence-electron chi connectivity index (χ3n) is 6.05. The van der Waals surface area contributed by atoms with Crippen LogP contribution in [0.15, 0.2) is 78.9 Å². The van der Waals surface area contributed by atoms with Crippen molar-refractivity contribution in [2.75, 3.05) is 32.7 Å². The highest BCUT2D eigenvalue weighted by molar-refractivity contribution is 7.19. The smallest absolute Gasteiger partial charge is 0.255 e. The first-order chi connectivity index (χ1) is 16.2. The van der Waals surface area contributed by atoms with E-state index in [4.69, 9.17) is 16.6 Å². The lowest BCUT2D eigenvalue weighted by atomic mass is 10.1. The molecule has 1 N–H and O–H groups in total. The molecule has 0 radical (unpaired) electrons. The highest BCUT2D eigenvalue weighted by atomic mass is 35.5. The minimum atomic E-state index is 0.0800. The van der Waals surface area contributed by atoms with E-state index >= 15 is 0 Å². The van der Waals surface area contributed by atoms with Crippen molar-refractivity contribution < 1.29 is 9.69 Å². The van der Waals surface area contributed by atoms with Gasteiger partial charge in [0.2, 0.25) is 0 Å². The van der Waals surface area contributed by atoms with Crippen molar-refractivity contribution in [3.63, 3.8) is 0 Å². The molecule has 33 heavy (non-hydrogen) atoms. The summed E-state index contributed by atoms with van der Waals surface area (Å²) >= 11 is 7.63. The van der Waals surface area contributed by atoms with Gasteiger partial charge in [0.15, 0.2) is 0 Å². The monoisotopic (exact) mass is 474 g/mol. The van der Waals surface area contributed by atoms with E-state index in [2.05, 4.69) is 36.4 Å². The Morgan fingerprint density at radius 2 is 1.79 bits per heavy atom. The van der Waals surface area contributed by atoms with Crippen molar-refractivity contribution in [2.24, 2.45) is 0 Å². The van der Waals surface area contributed by atoms with Gasteiger partial charge in [0, 0.05) is 5.39 Å². The number of piperazine rings is 1. The number of nitrogens with zero attached hydrogens (tertiary/aromatic N) is 2. The van der Waals surface area contributed by atoms with Crippen LogP contribution in [0.2, 0.25) is 4.34 Å². The van der Waals surface area contributed by atoms with Crippen LogP contribution >= 0.6 is 22.9 Å². The van der Waals surface area contributed by atoms with Gasteiger partial charge in [-0.3, -0.25) is 4.79 Å². The van der Waals surface area contributed by atoms with Crippen LogP contribution in [-0.4, -0.2) is 48.5 Å². The SMILES string of the molecule is O=C(c1cc(-c2ccc(Cl)s2)nc2ccccc12)N1CC[NH+](CC=Cc2ccccc2)CC1. The van der Waals surface area contributed by atoms with Crippen LogP contribution in [0.25, 0.3) is 27.6 Å². The maximum absolute atomic E-state index is 13.6. The van der Waals surface area contributed by atoms with Crippen LogP contribution in [0.3, 0.4) is 0 Å². The van der Waals surface area contributed by atoms with Gasteiger partial charge < -0.3 is 9.80 Å². The molecule has 6 heteroatoms. The number of carbonyl (C=O) groups excluding carboxylic acids is 1. The van der Waals surface area contributed by atoms with E-state index in [0.717, 1.165) is 54.2 Å². The Labute approximate surface area is 202 Å². The van der Waals surface area contributed by atoms with E-state index in [1.54, 1.807) is 0 Å². The predicted molar refractivity (Wildman–Crippen MR) is 137 cm³/mol. The lowest BCUT2D eigenvalue weighted by Crippen LogP contribution is -3.14. The molecule has 1 aliphatic rings. The largest absolute Gasteiger partial charge is 0.329 e. The molecule has 5 rings (SSSR count). The number of rotatable bonds is 5. The minimum absolute atomic E-state index is 0.0800. The van der Waals surface area contributed by atoms with E-state index in [0.29, 0.717) is 9.90 Å². The van der Waals surface area contributed by atoms with E-state index in [1.807, 2.05) is 53.4 Å². The summed E-state index contributed by atoms with van der Waals surface area (Å²) in [7, 11) is 0. The number of halogens is 1. The molecule has 1 fully saturated rings. The highest BCUT2D eigenvalue weighted by Crippen LogP contribution is 2.32. The Morgan fingerprint density at radius 1 is 1.03 bits per heavy atom. The van der Waals surface area contributed by atoms with Gasteiger partial charge in [-0.15, -0.1) is 11.3 Å². The third-order valence-corrected chi connectivity index (χ3v) is 7.30. The molecule has 4 aromatic rings. The molecule has 0 unspecified atom stereocenters. The zero-order valence-electron chi connectivity index (χ0n) is 18.2. The fourth-order valence-electron chi connectivity index (χ4n) is 4.26. The Hall–Kier alpha value is -2.99. The van der Waals surface area contributed by atoms with Gasteiger partial charge in [-0.2, -0.15) is 0 Å². The molecule has 4 nitrogen and oxygen atoms in total. The summed E-state index contributed by atoms with van der Waals surface area (Å²) in [5.41, 5.74) is 3.56. The van der Waals surface area contributed by atoms with Crippen molar-refractivity contribution in [3.05, 3.63) is 94.3 Å². The molecule has 2 aromatic heterocycles. The maximum Gasteiger partial charge on any atom is 0.255 e. The van der Waals surface area contributed by atoms with Crippen LogP contribution in [-0.2, 0) is 0 Å². The van der Waals surface area contributed by atoms with Crippen LogP contribution in [0.1, 0.15) is 15.9 Å². The number of benzene rings is 2. The third kappa shape index (κ3) is 5.01. The Morgan fingerprint density at radius 3 is 2.55 bits per heavy atom. The van der Waals surface area contributed by atoms with Gasteiger partial charge in [-0.1, -0.05) is 66.2 Å². The molecular formula is C27H25ClN3OS+. The number of para-hydroxylation sites is 1. The second kappa shape index (κ2) is 9.87. The summed E-state index contributed by atoms with van der Waals surface area (Å²) in [6, 6.07) is 24.0. The molecular weight excluding hydrogens is 450 g/mol. The Bertz CT molecular complexity index is 1290. The lowest BCUT2D eigenvalue weighted by molar-refractivity contribution is -0.898. The minimum Gasteiger partial charge on any atom is -0.329 e. The number of aromatic nitrogens is 1. The molecule has 3 heterocycles. The number of thiophene rings is 1. The van der Waals surface area contributed by atoms with Crippen molar-refractivity contribution in [1.29, 1.82) is 0 Å². The number of carbonyl (C=O) groups is 1. The number of hydrogen-bond acceptors (Lipinski definition) is 3. The number of nitrogens with one attached hydrogen (secondary N) is 1. The Balaban J connectivity index is 1.31. The zero-order chi connectivity index (χ0) is 22.6. The van der Waals surface area contributed by atoms with E-state index < -0.39 is 0 Å². The standard InChI is InChI=1S/C27H24ClN3OS/c28-26-13-12-25(33-26)24-19-22(21-10-4-5-11-23(21)29-24)27(32)31-17-15-30(16-18-31)14-6-9-20-7-2-1-3-8-20/h1-13,19H,14-18H2/p+1. The summed E-state index contributed by atoms with van der Waals surface area (Å²) < 4.78 is 0.716. The maximum atomic E-state index is 13.6. The first-order valence-corrected chi connectivity index (χ1v) is 12.4. The summed E-state index contributed by atoms with van der Waals surface area (Å²) in [5, 5.41) is 0.898.